The van der Waals surface area contributed by atoms with Gasteiger partial charge in [0, 0.05) is 23.8 Å². The molecule has 24 heavy (non-hydrogen) atoms. The van der Waals surface area contributed by atoms with Crippen LogP contribution in [0.1, 0.15) is 19.4 Å². The molecular formula is C20H25IN2O. The highest BCUT2D eigenvalue weighted by Gasteiger charge is 2.41. The highest BCUT2D eigenvalue weighted by Crippen LogP contribution is 2.44. The second kappa shape index (κ2) is 7.47. The minimum atomic E-state index is 0. The van der Waals surface area contributed by atoms with Gasteiger partial charge in [0.15, 0.2) is 0 Å². The Kier molecular flexibility index (Phi) is 5.80. The molecule has 4 heteroatoms. The standard InChI is InChI=1S/C20H24N2O.HI/c1-20(2)17-7-5-6-8-18(17)22(3)19(20)13-14-21-15-9-11-16(23-4)12-10-15;/h5-14,19,21H,1-4H3;1H. The summed E-state index contributed by atoms with van der Waals surface area (Å²) >= 11 is 0. The fraction of sp³-hybridized carbons (Fsp3) is 0.300. The Morgan fingerprint density at radius 3 is 2.38 bits per heavy atom. The van der Waals surface area contributed by atoms with E-state index in [-0.39, 0.29) is 29.4 Å². The van der Waals surface area contributed by atoms with Gasteiger partial charge in [-0.2, -0.15) is 0 Å². The minimum absolute atomic E-state index is 0. The minimum Gasteiger partial charge on any atom is -0.497 e. The summed E-state index contributed by atoms with van der Waals surface area (Å²) in [6, 6.07) is 16.9. The zero-order chi connectivity index (χ0) is 16.4. The third-order valence-corrected chi connectivity index (χ3v) is 4.75. The van der Waals surface area contributed by atoms with Crippen LogP contribution in [0, 0.1) is 0 Å². The summed E-state index contributed by atoms with van der Waals surface area (Å²) in [5.74, 6) is 0.867. The van der Waals surface area contributed by atoms with Crippen LogP contribution in [0.3, 0.4) is 0 Å². The average Bonchev–Trinajstić information content (AvgIpc) is 2.76. The van der Waals surface area contributed by atoms with Gasteiger partial charge in [-0.3, -0.25) is 0 Å². The van der Waals surface area contributed by atoms with Crippen molar-refractivity contribution in [1.82, 2.24) is 0 Å². The van der Waals surface area contributed by atoms with Crippen LogP contribution in [-0.2, 0) is 5.41 Å². The van der Waals surface area contributed by atoms with Crippen LogP contribution in [-0.4, -0.2) is 20.2 Å². The van der Waals surface area contributed by atoms with Gasteiger partial charge >= 0.3 is 0 Å². The number of methoxy groups -OCH3 is 1. The number of benzene rings is 2. The molecule has 3 rings (SSSR count). The Labute approximate surface area is 161 Å². The van der Waals surface area contributed by atoms with E-state index in [1.165, 1.54) is 11.3 Å². The molecule has 0 fully saturated rings. The molecular weight excluding hydrogens is 411 g/mol. The Morgan fingerprint density at radius 2 is 1.75 bits per heavy atom. The molecule has 1 aliphatic heterocycles. The first-order valence-electron chi connectivity index (χ1n) is 7.93. The molecule has 1 unspecified atom stereocenters. The predicted molar refractivity (Wildman–Crippen MR) is 113 cm³/mol. The molecule has 0 radical (unpaired) electrons. The molecule has 0 bridgehead atoms. The number of nitrogens with zero attached hydrogens (tertiary/aromatic N) is 1. The van der Waals surface area contributed by atoms with Gasteiger partial charge in [-0.15, -0.1) is 24.0 Å². The van der Waals surface area contributed by atoms with E-state index >= 15 is 0 Å². The Balaban J connectivity index is 0.00000208. The summed E-state index contributed by atoms with van der Waals surface area (Å²) in [6.45, 7) is 4.61. The first-order valence-corrected chi connectivity index (χ1v) is 7.93. The molecule has 2 aromatic carbocycles. The Hall–Kier alpha value is -1.69. The second-order valence-corrected chi connectivity index (χ2v) is 6.53. The lowest BCUT2D eigenvalue weighted by atomic mass is 9.80. The largest absolute Gasteiger partial charge is 0.497 e. The van der Waals surface area contributed by atoms with Crippen LogP contribution in [0.15, 0.2) is 60.8 Å². The predicted octanol–water partition coefficient (Wildman–Crippen LogP) is 5.04. The number of nitrogens with one attached hydrogen (secondary N) is 1. The number of rotatable bonds is 4. The van der Waals surface area contributed by atoms with Crippen molar-refractivity contribution in [2.75, 3.05) is 24.4 Å². The van der Waals surface area contributed by atoms with E-state index < -0.39 is 0 Å². The normalized spacial score (nSPS) is 18.2. The summed E-state index contributed by atoms with van der Waals surface area (Å²) in [4.78, 5) is 2.35. The van der Waals surface area contributed by atoms with E-state index in [2.05, 4.69) is 61.5 Å². The van der Waals surface area contributed by atoms with E-state index in [4.69, 9.17) is 4.74 Å². The quantitative estimate of drug-likeness (QED) is 0.681. The van der Waals surface area contributed by atoms with Gasteiger partial charge in [0.05, 0.1) is 13.2 Å². The number of hydrogen-bond acceptors (Lipinski definition) is 3. The Bertz CT molecular complexity index is 710. The van der Waals surface area contributed by atoms with Gasteiger partial charge in [-0.05, 0) is 48.2 Å². The molecule has 1 atom stereocenters. The van der Waals surface area contributed by atoms with Crippen molar-refractivity contribution in [3.8, 4) is 5.75 Å². The second-order valence-electron chi connectivity index (χ2n) is 6.53. The lowest BCUT2D eigenvalue weighted by Crippen LogP contribution is -2.37. The maximum atomic E-state index is 5.18. The fourth-order valence-corrected chi connectivity index (χ4v) is 3.41. The topological polar surface area (TPSA) is 24.5 Å². The van der Waals surface area contributed by atoms with Crippen LogP contribution in [0.5, 0.6) is 5.75 Å². The number of halogens is 1. The van der Waals surface area contributed by atoms with Crippen molar-refractivity contribution >= 4 is 35.4 Å². The first-order chi connectivity index (χ1) is 11.0. The van der Waals surface area contributed by atoms with E-state index in [0.717, 1.165) is 11.4 Å². The highest BCUT2D eigenvalue weighted by atomic mass is 127. The molecule has 1 heterocycles. The number of para-hydroxylation sites is 1. The van der Waals surface area contributed by atoms with E-state index in [0.29, 0.717) is 6.04 Å². The van der Waals surface area contributed by atoms with Crippen molar-refractivity contribution in [1.29, 1.82) is 0 Å². The van der Waals surface area contributed by atoms with Crippen LogP contribution in [0.2, 0.25) is 0 Å². The third-order valence-electron chi connectivity index (χ3n) is 4.75. The molecule has 0 aliphatic carbocycles. The van der Waals surface area contributed by atoms with Gasteiger partial charge in [-0.25, -0.2) is 0 Å². The van der Waals surface area contributed by atoms with Gasteiger partial charge in [-0.1, -0.05) is 32.0 Å². The first kappa shape index (κ1) is 18.6. The van der Waals surface area contributed by atoms with Crippen molar-refractivity contribution in [2.24, 2.45) is 0 Å². The molecule has 0 spiro atoms. The van der Waals surface area contributed by atoms with Crippen molar-refractivity contribution in [2.45, 2.75) is 25.3 Å². The van der Waals surface area contributed by atoms with Crippen LogP contribution < -0.4 is 15.0 Å². The maximum Gasteiger partial charge on any atom is 0.119 e. The lowest BCUT2D eigenvalue weighted by Gasteiger charge is -2.29. The summed E-state index contributed by atoms with van der Waals surface area (Å²) in [6.07, 6.45) is 4.28. The van der Waals surface area contributed by atoms with Crippen molar-refractivity contribution in [3.05, 3.63) is 66.4 Å². The summed E-state index contributed by atoms with van der Waals surface area (Å²) in [5.41, 5.74) is 3.86. The fourth-order valence-electron chi connectivity index (χ4n) is 3.41. The van der Waals surface area contributed by atoms with Crippen LogP contribution in [0.4, 0.5) is 11.4 Å². The molecule has 3 nitrogen and oxygen atoms in total. The summed E-state index contributed by atoms with van der Waals surface area (Å²) in [5, 5.41) is 3.35. The van der Waals surface area contributed by atoms with Gasteiger partial charge in [0.25, 0.3) is 0 Å². The highest BCUT2D eigenvalue weighted by molar-refractivity contribution is 14.0. The molecule has 0 amide bonds. The summed E-state index contributed by atoms with van der Waals surface area (Å²) in [7, 11) is 3.84. The average molecular weight is 436 g/mol. The number of hydrogen-bond donors (Lipinski definition) is 1. The zero-order valence-electron chi connectivity index (χ0n) is 14.6. The molecule has 0 saturated carbocycles. The number of ether oxygens (including phenoxy) is 1. The molecule has 2 aromatic rings. The van der Waals surface area contributed by atoms with Crippen LogP contribution in [0.25, 0.3) is 0 Å². The number of likely N-dealkylation sites (N-methyl/N-ethyl adjacent to an activating group) is 1. The van der Waals surface area contributed by atoms with Gasteiger partial charge in [0.1, 0.15) is 5.75 Å². The van der Waals surface area contributed by atoms with Gasteiger partial charge < -0.3 is 15.0 Å². The molecule has 128 valence electrons. The number of anilines is 2. The zero-order valence-corrected chi connectivity index (χ0v) is 16.9. The molecule has 1 aliphatic rings. The molecule has 0 saturated heterocycles. The monoisotopic (exact) mass is 436 g/mol. The Morgan fingerprint density at radius 1 is 1.08 bits per heavy atom. The molecule has 1 N–H and O–H groups in total. The van der Waals surface area contributed by atoms with E-state index in [1.807, 2.05) is 30.5 Å². The lowest BCUT2D eigenvalue weighted by molar-refractivity contribution is 0.415. The SMILES string of the molecule is COc1ccc(NC=CC2N(C)c3ccccc3C2(C)C)cc1.I. The summed E-state index contributed by atoms with van der Waals surface area (Å²) < 4.78 is 5.18. The molecule has 0 aromatic heterocycles. The van der Waals surface area contributed by atoms with E-state index in [9.17, 15) is 0 Å². The van der Waals surface area contributed by atoms with Crippen LogP contribution >= 0.6 is 24.0 Å². The maximum absolute atomic E-state index is 5.18. The third kappa shape index (κ3) is 3.38. The van der Waals surface area contributed by atoms with Crippen molar-refractivity contribution < 1.29 is 4.74 Å². The van der Waals surface area contributed by atoms with E-state index in [1.54, 1.807) is 7.11 Å². The smallest absolute Gasteiger partial charge is 0.119 e. The number of fused-ring (bicyclic) bond motifs is 1. The van der Waals surface area contributed by atoms with Crippen molar-refractivity contribution in [3.63, 3.8) is 0 Å². The van der Waals surface area contributed by atoms with Gasteiger partial charge in [0.2, 0.25) is 0 Å².